The van der Waals surface area contributed by atoms with Crippen molar-refractivity contribution >= 4 is 27.8 Å². The molecule has 5 rings (SSSR count). The lowest BCUT2D eigenvalue weighted by Gasteiger charge is -2.17. The molecule has 12 heteroatoms. The maximum atomic E-state index is 13.5. The predicted octanol–water partition coefficient (Wildman–Crippen LogP) is 3.51. The zero-order chi connectivity index (χ0) is 26.5. The van der Waals surface area contributed by atoms with Crippen LogP contribution in [0.4, 0.5) is 13.2 Å². The molecule has 0 saturated carbocycles. The van der Waals surface area contributed by atoms with Crippen molar-refractivity contribution in [3.05, 3.63) is 71.2 Å². The van der Waals surface area contributed by atoms with Crippen LogP contribution in [-0.4, -0.2) is 47.0 Å². The Kier molecular flexibility index (Phi) is 5.81. The summed E-state index contributed by atoms with van der Waals surface area (Å²) in [7, 11) is 1.82. The topological polar surface area (TPSA) is 99.6 Å². The number of hydrogen-bond donors (Lipinski definition) is 1. The van der Waals surface area contributed by atoms with E-state index in [9.17, 15) is 22.8 Å². The van der Waals surface area contributed by atoms with E-state index in [1.54, 1.807) is 47.5 Å². The third-order valence-electron chi connectivity index (χ3n) is 6.28. The third-order valence-corrected chi connectivity index (χ3v) is 6.28. The molecule has 0 aliphatic rings. The maximum absolute atomic E-state index is 13.5. The standard InChI is InChI=1S/C25H22F3N7O2/c1-14-5-4-6-20-23(14)35(24(37)34(20)13-22(36)32-15(2)25(26,27)28)16-7-8-19(30-9-16)17-10-29-12-21-18(17)11-31-33(21)3/h4-12,15H,13H2,1-3H3,(H,32,36)/t15-/m1/s1. The van der Waals surface area contributed by atoms with E-state index in [1.807, 2.05) is 25.4 Å². The summed E-state index contributed by atoms with van der Waals surface area (Å²) in [5.41, 5.74) is 3.85. The molecule has 0 spiro atoms. The minimum atomic E-state index is -4.59. The Bertz CT molecular complexity index is 1700. The minimum Gasteiger partial charge on any atom is -0.343 e. The zero-order valence-corrected chi connectivity index (χ0v) is 20.1. The van der Waals surface area contributed by atoms with Gasteiger partial charge in [0.2, 0.25) is 5.91 Å². The fraction of sp³-hybridized carbons (Fsp3) is 0.240. The molecule has 4 heterocycles. The molecule has 1 amide bonds. The third kappa shape index (κ3) is 4.24. The van der Waals surface area contributed by atoms with Crippen molar-refractivity contribution in [3.63, 3.8) is 0 Å². The lowest BCUT2D eigenvalue weighted by Crippen LogP contribution is -2.45. The molecule has 0 unspecified atom stereocenters. The number of amides is 1. The Morgan fingerprint density at radius 2 is 1.86 bits per heavy atom. The largest absolute Gasteiger partial charge is 0.408 e. The number of nitrogens with zero attached hydrogens (tertiary/aromatic N) is 6. The van der Waals surface area contributed by atoms with Gasteiger partial charge in [-0.3, -0.25) is 28.6 Å². The molecule has 0 bridgehead atoms. The number of halogens is 3. The van der Waals surface area contributed by atoms with Gasteiger partial charge in [-0.2, -0.15) is 18.3 Å². The van der Waals surface area contributed by atoms with Gasteiger partial charge >= 0.3 is 11.9 Å². The highest BCUT2D eigenvalue weighted by atomic mass is 19.4. The Morgan fingerprint density at radius 3 is 2.57 bits per heavy atom. The van der Waals surface area contributed by atoms with Crippen molar-refractivity contribution in [3.8, 4) is 16.9 Å². The molecular weight excluding hydrogens is 487 g/mol. The first-order chi connectivity index (χ1) is 17.6. The van der Waals surface area contributed by atoms with Crippen LogP contribution < -0.4 is 11.0 Å². The van der Waals surface area contributed by atoms with Crippen LogP contribution in [-0.2, 0) is 18.4 Å². The van der Waals surface area contributed by atoms with E-state index in [4.69, 9.17) is 0 Å². The summed E-state index contributed by atoms with van der Waals surface area (Å²) >= 11 is 0. The molecule has 190 valence electrons. The molecule has 5 aromatic rings. The number of aryl methyl sites for hydroxylation is 2. The van der Waals surface area contributed by atoms with Crippen molar-refractivity contribution in [1.82, 2.24) is 34.2 Å². The Hall–Kier alpha value is -4.48. The molecule has 0 radical (unpaired) electrons. The van der Waals surface area contributed by atoms with Gasteiger partial charge in [-0.05, 0) is 37.6 Å². The van der Waals surface area contributed by atoms with E-state index in [2.05, 4.69) is 15.1 Å². The van der Waals surface area contributed by atoms with Crippen LogP contribution in [0.2, 0.25) is 0 Å². The van der Waals surface area contributed by atoms with E-state index in [1.165, 1.54) is 10.8 Å². The van der Waals surface area contributed by atoms with Crippen LogP contribution in [0.25, 0.3) is 38.9 Å². The van der Waals surface area contributed by atoms with Crippen LogP contribution in [0.15, 0.2) is 59.9 Å². The number of carbonyl (C=O) groups excluding carboxylic acids is 1. The number of benzene rings is 1. The average molecular weight is 509 g/mol. The second kappa shape index (κ2) is 8.87. The number of pyridine rings is 2. The van der Waals surface area contributed by atoms with Gasteiger partial charge in [0.25, 0.3) is 0 Å². The van der Waals surface area contributed by atoms with Gasteiger partial charge in [0.05, 0.1) is 46.5 Å². The van der Waals surface area contributed by atoms with E-state index in [-0.39, 0.29) is 0 Å². The monoisotopic (exact) mass is 509 g/mol. The molecule has 0 fully saturated rings. The predicted molar refractivity (Wildman–Crippen MR) is 131 cm³/mol. The van der Waals surface area contributed by atoms with Gasteiger partial charge in [0, 0.05) is 24.2 Å². The molecule has 1 aromatic carbocycles. The van der Waals surface area contributed by atoms with Gasteiger partial charge in [-0.25, -0.2) is 4.79 Å². The van der Waals surface area contributed by atoms with Crippen molar-refractivity contribution < 1.29 is 18.0 Å². The highest BCUT2D eigenvalue weighted by Gasteiger charge is 2.37. The van der Waals surface area contributed by atoms with Crippen LogP contribution in [0, 0.1) is 6.92 Å². The van der Waals surface area contributed by atoms with Gasteiger partial charge < -0.3 is 5.32 Å². The zero-order valence-electron chi connectivity index (χ0n) is 20.1. The molecule has 1 atom stereocenters. The normalized spacial score (nSPS) is 12.8. The summed E-state index contributed by atoms with van der Waals surface area (Å²) in [5.74, 6) is -0.919. The van der Waals surface area contributed by atoms with Gasteiger partial charge in [-0.15, -0.1) is 0 Å². The minimum absolute atomic E-state index is 0.424. The highest BCUT2D eigenvalue weighted by molar-refractivity contribution is 5.92. The number of alkyl halides is 3. The quantitative estimate of drug-likeness (QED) is 0.391. The Morgan fingerprint density at radius 1 is 1.08 bits per heavy atom. The van der Waals surface area contributed by atoms with Gasteiger partial charge in [0.15, 0.2) is 0 Å². The van der Waals surface area contributed by atoms with Crippen LogP contribution in [0.1, 0.15) is 12.5 Å². The maximum Gasteiger partial charge on any atom is 0.408 e. The molecular formula is C25H22F3N7O2. The van der Waals surface area contributed by atoms with E-state index >= 15 is 0 Å². The number of fused-ring (bicyclic) bond motifs is 2. The number of nitrogens with one attached hydrogen (secondary N) is 1. The van der Waals surface area contributed by atoms with Crippen LogP contribution in [0.3, 0.4) is 0 Å². The van der Waals surface area contributed by atoms with E-state index < -0.39 is 30.4 Å². The number of hydrogen-bond acceptors (Lipinski definition) is 5. The summed E-state index contributed by atoms with van der Waals surface area (Å²) < 4.78 is 43.0. The molecule has 37 heavy (non-hydrogen) atoms. The Labute approximate surface area is 208 Å². The van der Waals surface area contributed by atoms with Crippen LogP contribution in [0.5, 0.6) is 0 Å². The second-order valence-corrected chi connectivity index (χ2v) is 8.77. The summed E-state index contributed by atoms with van der Waals surface area (Å²) in [6.45, 7) is 2.10. The van der Waals surface area contributed by atoms with Crippen molar-refractivity contribution in [2.75, 3.05) is 0 Å². The summed E-state index contributed by atoms with van der Waals surface area (Å²) in [4.78, 5) is 34.7. The van der Waals surface area contributed by atoms with Gasteiger partial charge in [0.1, 0.15) is 12.6 Å². The van der Waals surface area contributed by atoms with Crippen LogP contribution >= 0.6 is 0 Å². The number of rotatable bonds is 5. The fourth-order valence-corrected chi connectivity index (χ4v) is 4.32. The van der Waals surface area contributed by atoms with Crippen molar-refractivity contribution in [2.45, 2.75) is 32.6 Å². The first kappa shape index (κ1) is 24.2. The number of aromatic nitrogens is 6. The van der Waals surface area contributed by atoms with Gasteiger partial charge in [-0.1, -0.05) is 12.1 Å². The number of imidazole rings is 1. The number of carbonyl (C=O) groups is 1. The van der Waals surface area contributed by atoms with Crippen molar-refractivity contribution in [2.24, 2.45) is 7.05 Å². The summed E-state index contributed by atoms with van der Waals surface area (Å²) in [5, 5.41) is 7.05. The lowest BCUT2D eigenvalue weighted by molar-refractivity contribution is -0.158. The highest BCUT2D eigenvalue weighted by Crippen LogP contribution is 2.27. The molecule has 0 aliphatic heterocycles. The van der Waals surface area contributed by atoms with E-state index in [0.29, 0.717) is 22.4 Å². The summed E-state index contributed by atoms with van der Waals surface area (Å²) in [6.07, 6.45) is 2.08. The second-order valence-electron chi connectivity index (χ2n) is 8.77. The lowest BCUT2D eigenvalue weighted by atomic mass is 10.1. The number of para-hydroxylation sites is 1. The fourth-order valence-electron chi connectivity index (χ4n) is 4.32. The smallest absolute Gasteiger partial charge is 0.343 e. The SMILES string of the molecule is Cc1cccc2c1n(-c1ccc(-c3cncc4c3cnn4C)nc1)c(=O)n2CC(=O)N[C@H](C)C(F)(F)F. The molecule has 9 nitrogen and oxygen atoms in total. The first-order valence-electron chi connectivity index (χ1n) is 11.4. The Balaban J connectivity index is 1.56. The van der Waals surface area contributed by atoms with Crippen molar-refractivity contribution in [1.29, 1.82) is 0 Å². The molecule has 1 N–H and O–H groups in total. The summed E-state index contributed by atoms with van der Waals surface area (Å²) in [6, 6.07) is 6.62. The first-order valence-corrected chi connectivity index (χ1v) is 11.4. The van der Waals surface area contributed by atoms with E-state index in [0.717, 1.165) is 33.5 Å². The molecule has 0 aliphatic carbocycles. The molecule has 0 saturated heterocycles. The average Bonchev–Trinajstić information content (AvgIpc) is 3.37. The molecule has 4 aromatic heterocycles.